The Bertz CT molecular complexity index is 562. The second-order valence-corrected chi connectivity index (χ2v) is 6.26. The van der Waals surface area contributed by atoms with Crippen molar-refractivity contribution in [2.45, 2.75) is 38.8 Å². The molecule has 1 saturated heterocycles. The maximum absolute atomic E-state index is 5.45. The fourth-order valence-corrected chi connectivity index (χ4v) is 3.32. The number of likely N-dealkylation sites (N-methyl/N-ethyl adjacent to an activating group) is 1. The van der Waals surface area contributed by atoms with Crippen LogP contribution >= 0.6 is 0 Å². The fraction of sp³-hybridized carbons (Fsp3) is 0.632. The summed E-state index contributed by atoms with van der Waals surface area (Å²) in [7, 11) is 5.14. The largest absolute Gasteiger partial charge is 0.497 e. The van der Waals surface area contributed by atoms with E-state index in [1.807, 2.05) is 18.2 Å². The molecule has 1 aromatic carbocycles. The molecule has 0 amide bonds. The summed E-state index contributed by atoms with van der Waals surface area (Å²) in [5.74, 6) is 2.42. The van der Waals surface area contributed by atoms with Crippen LogP contribution < -0.4 is 20.1 Å². The molecule has 0 saturated carbocycles. The van der Waals surface area contributed by atoms with E-state index in [1.165, 1.54) is 25.8 Å². The van der Waals surface area contributed by atoms with Crippen molar-refractivity contribution in [2.75, 3.05) is 40.9 Å². The summed E-state index contributed by atoms with van der Waals surface area (Å²) in [5.41, 5.74) is 1.07. The lowest BCUT2D eigenvalue weighted by Crippen LogP contribution is -2.48. The molecular weight excluding hydrogens is 316 g/mol. The summed E-state index contributed by atoms with van der Waals surface area (Å²) < 4.78 is 10.7. The van der Waals surface area contributed by atoms with Crippen LogP contribution in [0.2, 0.25) is 0 Å². The quantitative estimate of drug-likeness (QED) is 0.585. The first-order chi connectivity index (χ1) is 12.2. The molecule has 25 heavy (non-hydrogen) atoms. The third-order valence-corrected chi connectivity index (χ3v) is 4.82. The Morgan fingerprint density at radius 2 is 2.08 bits per heavy atom. The number of guanidine groups is 1. The molecule has 6 nitrogen and oxygen atoms in total. The first-order valence-corrected chi connectivity index (χ1v) is 9.11. The smallest absolute Gasteiger partial charge is 0.191 e. The summed E-state index contributed by atoms with van der Waals surface area (Å²) in [5, 5.41) is 6.84. The number of hydrogen-bond donors (Lipinski definition) is 2. The molecule has 1 atom stereocenters. The third kappa shape index (κ3) is 5.53. The molecule has 1 aliphatic rings. The van der Waals surface area contributed by atoms with E-state index in [4.69, 9.17) is 9.47 Å². The van der Waals surface area contributed by atoms with E-state index >= 15 is 0 Å². The summed E-state index contributed by atoms with van der Waals surface area (Å²) >= 11 is 0. The van der Waals surface area contributed by atoms with E-state index in [0.29, 0.717) is 12.6 Å². The second-order valence-electron chi connectivity index (χ2n) is 6.26. The van der Waals surface area contributed by atoms with Gasteiger partial charge in [-0.15, -0.1) is 0 Å². The molecule has 0 aliphatic carbocycles. The minimum atomic E-state index is 0.591. The molecule has 0 aromatic heterocycles. The number of nitrogens with zero attached hydrogens (tertiary/aromatic N) is 2. The van der Waals surface area contributed by atoms with E-state index in [0.717, 1.165) is 36.1 Å². The lowest BCUT2D eigenvalue weighted by Gasteiger charge is -2.35. The molecular formula is C19H32N4O2. The summed E-state index contributed by atoms with van der Waals surface area (Å²) in [4.78, 5) is 6.89. The molecule has 1 unspecified atom stereocenters. The maximum Gasteiger partial charge on any atom is 0.191 e. The predicted octanol–water partition coefficient (Wildman–Crippen LogP) is 2.24. The zero-order chi connectivity index (χ0) is 18.1. The third-order valence-electron chi connectivity index (χ3n) is 4.82. The van der Waals surface area contributed by atoms with Gasteiger partial charge in [-0.25, -0.2) is 0 Å². The number of hydrogen-bond acceptors (Lipinski definition) is 4. The van der Waals surface area contributed by atoms with Crippen molar-refractivity contribution in [3.63, 3.8) is 0 Å². The van der Waals surface area contributed by atoms with Gasteiger partial charge in [-0.2, -0.15) is 0 Å². The molecule has 0 radical (unpaired) electrons. The van der Waals surface area contributed by atoms with Crippen molar-refractivity contribution >= 4 is 5.96 Å². The van der Waals surface area contributed by atoms with Gasteiger partial charge in [0.05, 0.1) is 14.2 Å². The molecule has 2 rings (SSSR count). The number of benzene rings is 1. The van der Waals surface area contributed by atoms with Crippen LogP contribution in [0, 0.1) is 0 Å². The zero-order valence-electron chi connectivity index (χ0n) is 16.0. The second kappa shape index (κ2) is 10.1. The van der Waals surface area contributed by atoms with Crippen LogP contribution in [0.3, 0.4) is 0 Å². The van der Waals surface area contributed by atoms with Crippen molar-refractivity contribution in [1.82, 2.24) is 15.5 Å². The van der Waals surface area contributed by atoms with Crippen molar-refractivity contribution in [3.05, 3.63) is 23.8 Å². The van der Waals surface area contributed by atoms with Gasteiger partial charge in [0.25, 0.3) is 0 Å². The average molecular weight is 348 g/mol. The van der Waals surface area contributed by atoms with E-state index in [9.17, 15) is 0 Å². The van der Waals surface area contributed by atoms with E-state index < -0.39 is 0 Å². The van der Waals surface area contributed by atoms with E-state index in [1.54, 1.807) is 21.3 Å². The number of methoxy groups -OCH3 is 2. The van der Waals surface area contributed by atoms with Crippen molar-refractivity contribution in [3.8, 4) is 11.5 Å². The molecule has 1 aliphatic heterocycles. The van der Waals surface area contributed by atoms with Crippen LogP contribution in [-0.4, -0.2) is 57.8 Å². The number of rotatable bonds is 7. The van der Waals surface area contributed by atoms with Crippen LogP contribution in [0.1, 0.15) is 31.7 Å². The molecule has 1 fully saturated rings. The Labute approximate surface area is 151 Å². The Morgan fingerprint density at radius 1 is 1.24 bits per heavy atom. The average Bonchev–Trinajstić information content (AvgIpc) is 2.68. The van der Waals surface area contributed by atoms with Gasteiger partial charge in [0, 0.05) is 37.8 Å². The van der Waals surface area contributed by atoms with Crippen molar-refractivity contribution in [1.29, 1.82) is 0 Å². The zero-order valence-corrected chi connectivity index (χ0v) is 16.0. The van der Waals surface area contributed by atoms with Crippen LogP contribution in [0.15, 0.2) is 23.2 Å². The molecule has 1 heterocycles. The maximum atomic E-state index is 5.45. The number of aliphatic imine (C=N–C) groups is 1. The van der Waals surface area contributed by atoms with Crippen LogP contribution in [-0.2, 0) is 6.54 Å². The molecule has 140 valence electrons. The Kier molecular flexibility index (Phi) is 7.85. The predicted molar refractivity (Wildman–Crippen MR) is 103 cm³/mol. The molecule has 6 heteroatoms. The minimum absolute atomic E-state index is 0.591. The Hall–Kier alpha value is -1.95. The van der Waals surface area contributed by atoms with Gasteiger partial charge in [-0.05, 0) is 38.1 Å². The molecule has 0 spiro atoms. The lowest BCUT2D eigenvalue weighted by atomic mass is 10.0. The van der Waals surface area contributed by atoms with Crippen molar-refractivity contribution in [2.24, 2.45) is 4.99 Å². The number of ether oxygens (including phenoxy) is 2. The fourth-order valence-electron chi connectivity index (χ4n) is 3.32. The van der Waals surface area contributed by atoms with Gasteiger partial charge in [-0.1, -0.05) is 13.3 Å². The first-order valence-electron chi connectivity index (χ1n) is 9.11. The highest BCUT2D eigenvalue weighted by molar-refractivity contribution is 5.79. The van der Waals surface area contributed by atoms with E-state index in [2.05, 4.69) is 27.4 Å². The van der Waals surface area contributed by atoms with Gasteiger partial charge >= 0.3 is 0 Å². The lowest BCUT2D eigenvalue weighted by molar-refractivity contribution is 0.157. The molecule has 0 bridgehead atoms. The Balaban J connectivity index is 1.88. The summed E-state index contributed by atoms with van der Waals surface area (Å²) in [6, 6.07) is 6.44. The van der Waals surface area contributed by atoms with Gasteiger partial charge in [0.15, 0.2) is 5.96 Å². The normalized spacial score (nSPS) is 18.7. The van der Waals surface area contributed by atoms with Gasteiger partial charge in [-0.3, -0.25) is 9.89 Å². The monoisotopic (exact) mass is 348 g/mol. The summed E-state index contributed by atoms with van der Waals surface area (Å²) in [6.45, 7) is 6.13. The van der Waals surface area contributed by atoms with Crippen LogP contribution in [0.4, 0.5) is 0 Å². The van der Waals surface area contributed by atoms with Crippen LogP contribution in [0.25, 0.3) is 0 Å². The van der Waals surface area contributed by atoms with Gasteiger partial charge < -0.3 is 20.1 Å². The number of likely N-dealkylation sites (tertiary alicyclic amines) is 1. The highest BCUT2D eigenvalue weighted by Crippen LogP contribution is 2.24. The Morgan fingerprint density at radius 3 is 2.76 bits per heavy atom. The topological polar surface area (TPSA) is 58.1 Å². The highest BCUT2D eigenvalue weighted by Gasteiger charge is 2.20. The SMILES string of the molecule is CCN1CCCCC1CNC(=NC)NCc1ccc(OC)cc1OC. The standard InChI is InChI=1S/C19H32N4O2/c1-5-23-11-7-6-8-16(23)14-22-19(20-2)21-13-15-9-10-17(24-3)12-18(15)25-4/h9-10,12,16H,5-8,11,13-14H2,1-4H3,(H2,20,21,22). The van der Waals surface area contributed by atoms with Crippen LogP contribution in [0.5, 0.6) is 11.5 Å². The van der Waals surface area contributed by atoms with Crippen molar-refractivity contribution < 1.29 is 9.47 Å². The van der Waals surface area contributed by atoms with Gasteiger partial charge in [0.2, 0.25) is 0 Å². The first kappa shape index (κ1) is 19.4. The minimum Gasteiger partial charge on any atom is -0.497 e. The highest BCUT2D eigenvalue weighted by atomic mass is 16.5. The summed E-state index contributed by atoms with van der Waals surface area (Å²) in [6.07, 6.45) is 3.89. The number of piperidine rings is 1. The molecule has 2 N–H and O–H groups in total. The van der Waals surface area contributed by atoms with E-state index in [-0.39, 0.29) is 0 Å². The van der Waals surface area contributed by atoms with Gasteiger partial charge in [0.1, 0.15) is 11.5 Å². The number of nitrogens with one attached hydrogen (secondary N) is 2. The molecule has 1 aromatic rings.